The van der Waals surface area contributed by atoms with Gasteiger partial charge in [0.25, 0.3) is 0 Å². The van der Waals surface area contributed by atoms with E-state index in [0.29, 0.717) is 0 Å². The van der Waals surface area contributed by atoms with Gasteiger partial charge in [0.1, 0.15) is 0 Å². The quantitative estimate of drug-likeness (QED) is 0.0951. The summed E-state index contributed by atoms with van der Waals surface area (Å²) in [5.41, 5.74) is 20.2. The molecule has 338 valence electrons. The molecule has 0 saturated heterocycles. The maximum Gasteiger partial charge on any atom is 0.0464 e. The fraction of sp³-hybridized carbons (Fsp3) is 0.0769. The van der Waals surface area contributed by atoms with Crippen LogP contribution in [0.25, 0.3) is 11.1 Å². The first kappa shape index (κ1) is 45.6. The maximum absolute atomic E-state index is 4.04. The molecule has 69 heavy (non-hydrogen) atoms. The summed E-state index contributed by atoms with van der Waals surface area (Å²) in [6, 6.07) is 82.7. The lowest BCUT2D eigenvalue weighted by Crippen LogP contribution is -2.16. The number of allylic oxidation sites excluding steroid dienone is 4. The standard InChI is InChI=1S/C65H58N4/c1-7-17-62(44-48(2)3)68(63-25-14-18-49(4)45-63)60-40-36-58(37-41-60)66(54-21-10-8-11-22-54)56-32-28-52(29-33-56)53-30-34-57(35-31-53)67(55-23-12-9-13-24-55)59-38-42-61(43-39-59)69(64-26-15-19-50(5)46-64)65-27-16-20-51(6)47-65/h7-47H,1H2,2-6H3/b62-17+. The maximum atomic E-state index is 4.04. The molecule has 0 bridgehead atoms. The average molecular weight is 895 g/mol. The number of benzene rings is 9. The number of aryl methyl sites for hydroxylation is 3. The van der Waals surface area contributed by atoms with Crippen LogP contribution in [0.4, 0.5) is 62.6 Å². The fourth-order valence-electron chi connectivity index (χ4n) is 8.96. The Balaban J connectivity index is 1.01. The summed E-state index contributed by atoms with van der Waals surface area (Å²) in [6.07, 6.45) is 6.13. The molecule has 9 aromatic carbocycles. The minimum Gasteiger partial charge on any atom is -0.311 e. The molecule has 9 rings (SSSR count). The van der Waals surface area contributed by atoms with Gasteiger partial charge in [-0.05, 0) is 208 Å². The molecule has 0 N–H and O–H groups in total. The third kappa shape index (κ3) is 10.5. The fourth-order valence-corrected chi connectivity index (χ4v) is 8.96. The van der Waals surface area contributed by atoms with Crippen LogP contribution in [0.5, 0.6) is 0 Å². The summed E-state index contributed by atoms with van der Waals surface area (Å²) in [5, 5.41) is 0. The van der Waals surface area contributed by atoms with Gasteiger partial charge in [-0.1, -0.05) is 115 Å². The van der Waals surface area contributed by atoms with E-state index in [9.17, 15) is 0 Å². The topological polar surface area (TPSA) is 13.0 Å². The van der Waals surface area contributed by atoms with Crippen LogP contribution in [0.2, 0.25) is 0 Å². The SMILES string of the molecule is C=C/C=C(\C=C(C)C)N(c1ccc(N(c2ccccc2)c2ccc(-c3ccc(N(c4ccccc4)c4ccc(N(c5cccc(C)c5)c5cccc(C)c5)cc4)cc3)cc2)cc1)c1cccc(C)c1. The Morgan fingerprint density at radius 3 is 1.00 bits per heavy atom. The molecule has 0 aliphatic rings. The van der Waals surface area contributed by atoms with Crippen LogP contribution in [-0.2, 0) is 0 Å². The Morgan fingerprint density at radius 1 is 0.333 bits per heavy atom. The van der Waals surface area contributed by atoms with E-state index in [4.69, 9.17) is 0 Å². The van der Waals surface area contributed by atoms with Crippen molar-refractivity contribution in [3.05, 3.63) is 283 Å². The van der Waals surface area contributed by atoms with Gasteiger partial charge >= 0.3 is 0 Å². The van der Waals surface area contributed by atoms with Crippen LogP contribution in [0.1, 0.15) is 30.5 Å². The van der Waals surface area contributed by atoms with Crippen molar-refractivity contribution in [1.29, 1.82) is 0 Å². The van der Waals surface area contributed by atoms with Crippen molar-refractivity contribution in [1.82, 2.24) is 0 Å². The predicted molar refractivity (Wildman–Crippen MR) is 296 cm³/mol. The highest BCUT2D eigenvalue weighted by Crippen LogP contribution is 2.42. The van der Waals surface area contributed by atoms with Crippen LogP contribution in [0.3, 0.4) is 0 Å². The molecule has 0 spiro atoms. The number of nitrogens with zero attached hydrogens (tertiary/aromatic N) is 4. The Morgan fingerprint density at radius 2 is 0.638 bits per heavy atom. The highest BCUT2D eigenvalue weighted by atomic mass is 15.2. The summed E-state index contributed by atoms with van der Waals surface area (Å²) in [4.78, 5) is 9.26. The second-order valence-electron chi connectivity index (χ2n) is 17.7. The van der Waals surface area contributed by atoms with Gasteiger partial charge in [0.05, 0.1) is 0 Å². The molecule has 4 nitrogen and oxygen atoms in total. The van der Waals surface area contributed by atoms with Crippen molar-refractivity contribution in [2.24, 2.45) is 0 Å². The molecular weight excluding hydrogens is 837 g/mol. The molecule has 0 aliphatic heterocycles. The zero-order chi connectivity index (χ0) is 47.7. The van der Waals surface area contributed by atoms with E-state index in [-0.39, 0.29) is 0 Å². The molecule has 0 heterocycles. The number of hydrogen-bond donors (Lipinski definition) is 0. The Hall–Kier alpha value is -8.60. The molecular formula is C65H58N4. The predicted octanol–water partition coefficient (Wildman–Crippen LogP) is 18.9. The van der Waals surface area contributed by atoms with Crippen molar-refractivity contribution in [2.75, 3.05) is 19.6 Å². The smallest absolute Gasteiger partial charge is 0.0464 e. The molecule has 0 aliphatic carbocycles. The zero-order valence-corrected chi connectivity index (χ0v) is 40.2. The number of hydrogen-bond acceptors (Lipinski definition) is 4. The average Bonchev–Trinajstić information content (AvgIpc) is 3.36. The normalized spacial score (nSPS) is 11.1. The van der Waals surface area contributed by atoms with E-state index in [1.807, 2.05) is 6.08 Å². The molecule has 0 aromatic heterocycles. The molecule has 0 unspecified atom stereocenters. The van der Waals surface area contributed by atoms with E-state index in [1.54, 1.807) is 0 Å². The summed E-state index contributed by atoms with van der Waals surface area (Å²) in [7, 11) is 0. The lowest BCUT2D eigenvalue weighted by atomic mass is 10.0. The van der Waals surface area contributed by atoms with Gasteiger partial charge in [-0.2, -0.15) is 0 Å². The Bertz CT molecular complexity index is 3160. The first-order valence-corrected chi connectivity index (χ1v) is 23.6. The summed E-state index contributed by atoms with van der Waals surface area (Å²) in [6.45, 7) is 14.7. The second kappa shape index (κ2) is 20.9. The summed E-state index contributed by atoms with van der Waals surface area (Å²) < 4.78 is 0. The highest BCUT2D eigenvalue weighted by Gasteiger charge is 2.19. The van der Waals surface area contributed by atoms with E-state index in [2.05, 4.69) is 303 Å². The van der Waals surface area contributed by atoms with Gasteiger partial charge in [0.15, 0.2) is 0 Å². The number of rotatable bonds is 15. The Kier molecular flexibility index (Phi) is 13.8. The molecule has 9 aromatic rings. The van der Waals surface area contributed by atoms with E-state index in [1.165, 1.54) is 22.3 Å². The van der Waals surface area contributed by atoms with E-state index < -0.39 is 0 Å². The molecule has 0 atom stereocenters. The second-order valence-corrected chi connectivity index (χ2v) is 17.7. The zero-order valence-electron chi connectivity index (χ0n) is 40.2. The number of para-hydroxylation sites is 2. The van der Waals surface area contributed by atoms with Crippen LogP contribution in [0, 0.1) is 20.8 Å². The van der Waals surface area contributed by atoms with Crippen molar-refractivity contribution in [2.45, 2.75) is 34.6 Å². The summed E-state index contributed by atoms with van der Waals surface area (Å²) in [5.74, 6) is 0. The van der Waals surface area contributed by atoms with Gasteiger partial charge in [-0.25, -0.2) is 0 Å². The molecule has 0 saturated carbocycles. The summed E-state index contributed by atoms with van der Waals surface area (Å²) >= 11 is 0. The van der Waals surface area contributed by atoms with Gasteiger partial charge in [0.2, 0.25) is 0 Å². The van der Waals surface area contributed by atoms with Crippen LogP contribution in [0.15, 0.2) is 267 Å². The largest absolute Gasteiger partial charge is 0.311 e. The van der Waals surface area contributed by atoms with E-state index in [0.717, 1.165) is 79.4 Å². The lowest BCUT2D eigenvalue weighted by molar-refractivity contribution is 1.18. The van der Waals surface area contributed by atoms with Gasteiger partial charge in [-0.15, -0.1) is 0 Å². The van der Waals surface area contributed by atoms with E-state index >= 15 is 0 Å². The minimum atomic E-state index is 1.05. The highest BCUT2D eigenvalue weighted by molar-refractivity contribution is 5.84. The minimum absolute atomic E-state index is 1.05. The molecule has 0 amide bonds. The van der Waals surface area contributed by atoms with Crippen molar-refractivity contribution in [3.63, 3.8) is 0 Å². The van der Waals surface area contributed by atoms with Crippen molar-refractivity contribution in [3.8, 4) is 11.1 Å². The van der Waals surface area contributed by atoms with Gasteiger partial charge < -0.3 is 19.6 Å². The number of anilines is 11. The first-order valence-electron chi connectivity index (χ1n) is 23.6. The third-order valence-corrected chi connectivity index (χ3v) is 12.1. The molecule has 4 heteroatoms. The van der Waals surface area contributed by atoms with Gasteiger partial charge in [0, 0.05) is 68.3 Å². The molecule has 0 radical (unpaired) electrons. The van der Waals surface area contributed by atoms with Crippen molar-refractivity contribution < 1.29 is 0 Å². The van der Waals surface area contributed by atoms with Crippen LogP contribution >= 0.6 is 0 Å². The first-order chi connectivity index (χ1) is 33.7. The van der Waals surface area contributed by atoms with Crippen LogP contribution < -0.4 is 19.6 Å². The molecule has 0 fully saturated rings. The lowest BCUT2D eigenvalue weighted by Gasteiger charge is -2.29. The van der Waals surface area contributed by atoms with Crippen molar-refractivity contribution >= 4 is 62.6 Å². The Labute approximate surface area is 409 Å². The van der Waals surface area contributed by atoms with Gasteiger partial charge in [-0.3, -0.25) is 0 Å². The van der Waals surface area contributed by atoms with Crippen LogP contribution in [-0.4, -0.2) is 0 Å². The monoisotopic (exact) mass is 894 g/mol. The third-order valence-electron chi connectivity index (χ3n) is 12.1.